The molecule has 8 atom stereocenters. The maximum atomic E-state index is 12.8. The van der Waals surface area contributed by atoms with Gasteiger partial charge in [0, 0.05) is 12.8 Å². The van der Waals surface area contributed by atoms with Gasteiger partial charge in [-0.3, -0.25) is 18.6 Å². The fourth-order valence-corrected chi connectivity index (χ4v) is 8.73. The molecule has 1 fully saturated rings. The van der Waals surface area contributed by atoms with Gasteiger partial charge in [0.05, 0.1) is 6.61 Å². The third-order valence-electron chi connectivity index (χ3n) is 11.7. The lowest BCUT2D eigenvalue weighted by atomic mass is 9.85. The Balaban J connectivity index is 2.38. The van der Waals surface area contributed by atoms with Crippen LogP contribution in [0.2, 0.25) is 0 Å². The second-order valence-corrected chi connectivity index (χ2v) is 18.7. The number of ether oxygens (including phenoxy) is 2. The number of rotatable bonds is 41. The van der Waals surface area contributed by atoms with Crippen LogP contribution in [0.25, 0.3) is 0 Å². The van der Waals surface area contributed by atoms with Crippen molar-refractivity contribution >= 4 is 19.8 Å². The Hall–Kier alpha value is -1.15. The van der Waals surface area contributed by atoms with Crippen LogP contribution in [0.4, 0.5) is 0 Å². The molecule has 0 aromatic heterocycles. The lowest BCUT2D eigenvalue weighted by Gasteiger charge is -2.41. The highest BCUT2D eigenvalue weighted by Crippen LogP contribution is 2.47. The maximum absolute atomic E-state index is 12.8. The molecule has 0 bridgehead atoms. The van der Waals surface area contributed by atoms with E-state index in [9.17, 15) is 44.6 Å². The molecule has 0 amide bonds. The number of phosphoric ester groups is 1. The molecule has 6 unspecified atom stereocenters. The molecule has 0 spiro atoms. The van der Waals surface area contributed by atoms with Crippen molar-refractivity contribution in [1.29, 1.82) is 0 Å². The first kappa shape index (κ1) is 56.9. The summed E-state index contributed by atoms with van der Waals surface area (Å²) < 4.78 is 33.5. The normalized spacial score (nSPS) is 22.1. The molecular formula is C46H89O13P. The van der Waals surface area contributed by atoms with Crippen molar-refractivity contribution in [1.82, 2.24) is 0 Å². The fraction of sp³-hybridized carbons (Fsp3) is 0.957. The zero-order valence-corrected chi connectivity index (χ0v) is 38.7. The van der Waals surface area contributed by atoms with E-state index in [1.807, 2.05) is 0 Å². The minimum atomic E-state index is -5.11. The Morgan fingerprint density at radius 2 is 0.750 bits per heavy atom. The Morgan fingerprint density at radius 3 is 1.10 bits per heavy atom. The van der Waals surface area contributed by atoms with Crippen molar-refractivity contribution in [3.05, 3.63) is 0 Å². The average molecular weight is 881 g/mol. The minimum absolute atomic E-state index is 0.104. The number of hydrogen-bond donors (Lipinski definition) is 6. The molecule has 60 heavy (non-hydrogen) atoms. The average Bonchev–Trinajstić information content (AvgIpc) is 3.23. The van der Waals surface area contributed by atoms with Gasteiger partial charge in [0.2, 0.25) is 0 Å². The van der Waals surface area contributed by atoms with Gasteiger partial charge in [-0.15, -0.1) is 0 Å². The van der Waals surface area contributed by atoms with Gasteiger partial charge in [0.1, 0.15) is 43.2 Å². The molecule has 6 N–H and O–H groups in total. The summed E-state index contributed by atoms with van der Waals surface area (Å²) in [5.41, 5.74) is 0. The van der Waals surface area contributed by atoms with Crippen LogP contribution in [-0.2, 0) is 32.7 Å². The van der Waals surface area contributed by atoms with Crippen molar-refractivity contribution in [3.8, 4) is 0 Å². The molecule has 0 heterocycles. The Bertz CT molecular complexity index is 1060. The highest BCUT2D eigenvalue weighted by Gasteiger charge is 2.51. The van der Waals surface area contributed by atoms with Crippen LogP contribution in [0.15, 0.2) is 0 Å². The molecule has 1 aliphatic carbocycles. The molecule has 0 aromatic rings. The second-order valence-electron chi connectivity index (χ2n) is 17.3. The molecular weight excluding hydrogens is 791 g/mol. The summed E-state index contributed by atoms with van der Waals surface area (Å²) in [6.07, 6.45) is 24.5. The van der Waals surface area contributed by atoms with Gasteiger partial charge in [-0.2, -0.15) is 0 Å². The number of aliphatic hydroxyl groups excluding tert-OH is 5. The van der Waals surface area contributed by atoms with Crippen LogP contribution in [0.3, 0.4) is 0 Å². The van der Waals surface area contributed by atoms with E-state index < -0.39 is 75.7 Å². The van der Waals surface area contributed by atoms with Crippen LogP contribution in [0, 0.1) is 0 Å². The minimum Gasteiger partial charge on any atom is -0.462 e. The number of esters is 2. The van der Waals surface area contributed by atoms with E-state index >= 15 is 0 Å². The molecule has 14 heteroatoms. The summed E-state index contributed by atoms with van der Waals surface area (Å²) in [5.74, 6) is -1.08. The number of carbonyl (C=O) groups excluding carboxylic acids is 2. The number of carbonyl (C=O) groups is 2. The van der Waals surface area contributed by atoms with Crippen molar-refractivity contribution in [3.63, 3.8) is 0 Å². The lowest BCUT2D eigenvalue weighted by molar-refractivity contribution is -0.220. The largest absolute Gasteiger partial charge is 0.472 e. The molecule has 356 valence electrons. The number of hydrogen-bond acceptors (Lipinski definition) is 12. The molecule has 0 aromatic carbocycles. The Kier molecular flexibility index (Phi) is 35.3. The third-order valence-corrected chi connectivity index (χ3v) is 12.7. The van der Waals surface area contributed by atoms with Gasteiger partial charge < -0.3 is 39.9 Å². The van der Waals surface area contributed by atoms with Crippen LogP contribution < -0.4 is 0 Å². The zero-order valence-electron chi connectivity index (χ0n) is 37.8. The fourth-order valence-electron chi connectivity index (χ4n) is 7.76. The van der Waals surface area contributed by atoms with Crippen molar-refractivity contribution in [2.75, 3.05) is 13.2 Å². The van der Waals surface area contributed by atoms with Crippen LogP contribution in [0.1, 0.15) is 226 Å². The van der Waals surface area contributed by atoms with Gasteiger partial charge >= 0.3 is 19.8 Å². The maximum Gasteiger partial charge on any atom is 0.472 e. The Labute approximate surface area is 363 Å². The molecule has 0 saturated heterocycles. The van der Waals surface area contributed by atoms with Crippen molar-refractivity contribution < 1.29 is 63.1 Å². The molecule has 13 nitrogen and oxygen atoms in total. The Morgan fingerprint density at radius 1 is 0.450 bits per heavy atom. The topological polar surface area (TPSA) is 210 Å². The van der Waals surface area contributed by atoms with E-state index in [1.165, 1.54) is 148 Å². The smallest absolute Gasteiger partial charge is 0.462 e. The highest BCUT2D eigenvalue weighted by atomic mass is 31.2. The van der Waals surface area contributed by atoms with Crippen molar-refractivity contribution in [2.24, 2.45) is 0 Å². The molecule has 1 rings (SSSR count). The summed E-state index contributed by atoms with van der Waals surface area (Å²) in [5, 5.41) is 50.1. The van der Waals surface area contributed by atoms with Gasteiger partial charge in [-0.1, -0.05) is 200 Å². The summed E-state index contributed by atoms with van der Waals surface area (Å²) in [6, 6.07) is 0. The van der Waals surface area contributed by atoms with E-state index in [-0.39, 0.29) is 12.8 Å². The summed E-state index contributed by atoms with van der Waals surface area (Å²) >= 11 is 0. The first-order valence-electron chi connectivity index (χ1n) is 24.3. The summed E-state index contributed by atoms with van der Waals surface area (Å²) in [4.78, 5) is 35.7. The molecule has 1 aliphatic rings. The first-order valence-corrected chi connectivity index (χ1v) is 25.8. The van der Waals surface area contributed by atoms with E-state index in [1.54, 1.807) is 0 Å². The van der Waals surface area contributed by atoms with Gasteiger partial charge in [-0.05, 0) is 12.8 Å². The molecule has 0 radical (unpaired) electrons. The molecule has 0 aliphatic heterocycles. The standard InChI is InChI=1S/C46H89O13P/c1-3-5-7-9-11-13-15-17-18-19-20-21-22-23-25-26-28-30-32-34-39(47)56-36-38(58-40(48)35-33-31-29-27-24-16-14-12-10-8-6-4-2)37-57-60(54,55)59-46-44(52)42(50)41(49)43(51)45(46)53/h38,41-46,49-53H,3-37H2,1-2H3,(H,54,55)/t38-,41?,42-,43?,44?,45?,46?/m1/s1. The van der Waals surface area contributed by atoms with Gasteiger partial charge in [0.25, 0.3) is 0 Å². The van der Waals surface area contributed by atoms with Crippen LogP contribution in [0.5, 0.6) is 0 Å². The monoisotopic (exact) mass is 881 g/mol. The lowest BCUT2D eigenvalue weighted by Crippen LogP contribution is -2.64. The predicted octanol–water partition coefficient (Wildman–Crippen LogP) is 9.67. The van der Waals surface area contributed by atoms with E-state index in [0.717, 1.165) is 38.5 Å². The number of phosphoric acid groups is 1. The van der Waals surface area contributed by atoms with E-state index in [0.29, 0.717) is 12.8 Å². The third kappa shape index (κ3) is 29.3. The summed E-state index contributed by atoms with van der Waals surface area (Å²) in [7, 11) is -5.11. The number of unbranched alkanes of at least 4 members (excludes halogenated alkanes) is 29. The quantitative estimate of drug-likeness (QED) is 0.0192. The highest BCUT2D eigenvalue weighted by molar-refractivity contribution is 7.47. The van der Waals surface area contributed by atoms with Crippen LogP contribution >= 0.6 is 7.82 Å². The predicted molar refractivity (Wildman–Crippen MR) is 235 cm³/mol. The van der Waals surface area contributed by atoms with Crippen molar-refractivity contribution in [2.45, 2.75) is 268 Å². The second kappa shape index (κ2) is 37.2. The van der Waals surface area contributed by atoms with Gasteiger partial charge in [-0.25, -0.2) is 4.57 Å². The molecule has 1 saturated carbocycles. The first-order chi connectivity index (χ1) is 28.9. The van der Waals surface area contributed by atoms with Crippen LogP contribution in [-0.4, -0.2) is 98.3 Å². The van der Waals surface area contributed by atoms with Gasteiger partial charge in [0.15, 0.2) is 6.10 Å². The number of aliphatic hydroxyl groups is 5. The SMILES string of the molecule is CCCCCCCCCCCCCCCCCCCCCC(=O)OC[C@H](COP(=O)(O)OC1C(O)C(O)C(O)[C@@H](O)C1O)OC(=O)CCCCCCCCCCCCCC. The van der Waals surface area contributed by atoms with E-state index in [4.69, 9.17) is 18.5 Å². The summed E-state index contributed by atoms with van der Waals surface area (Å²) in [6.45, 7) is 3.32. The van der Waals surface area contributed by atoms with E-state index in [2.05, 4.69) is 13.8 Å². The zero-order chi connectivity index (χ0) is 44.3.